The first-order valence-corrected chi connectivity index (χ1v) is 11.0. The lowest BCUT2D eigenvalue weighted by molar-refractivity contribution is -0.170. The molecule has 0 radical (unpaired) electrons. The molecule has 2 heteroatoms. The van der Waals surface area contributed by atoms with E-state index < -0.39 is 0 Å². The third kappa shape index (κ3) is 2.16. The zero-order valence-corrected chi connectivity index (χ0v) is 17.1. The van der Waals surface area contributed by atoms with Crippen LogP contribution < -0.4 is 0 Å². The van der Waals surface area contributed by atoms with Crippen molar-refractivity contribution in [2.45, 2.75) is 104 Å². The molecule has 0 amide bonds. The van der Waals surface area contributed by atoms with Gasteiger partial charge in [0.25, 0.3) is 0 Å². The summed E-state index contributed by atoms with van der Waals surface area (Å²) in [6.45, 7) is 12.9. The maximum atomic E-state index is 6.64. The SMILES string of the molecule is CC1(C)OCC2(CC34CCC5C(C)(C)CCCC5(C)C3CCC2C4)O1. The highest BCUT2D eigenvalue weighted by molar-refractivity contribution is 5.18. The van der Waals surface area contributed by atoms with E-state index in [9.17, 15) is 0 Å². The number of hydrogen-bond acceptors (Lipinski definition) is 2. The largest absolute Gasteiger partial charge is 0.347 e. The fourth-order valence-corrected chi connectivity index (χ4v) is 9.06. The molecule has 0 aromatic heterocycles. The quantitative estimate of drug-likeness (QED) is 0.540. The van der Waals surface area contributed by atoms with Crippen LogP contribution in [0.15, 0.2) is 0 Å². The molecule has 5 aliphatic rings. The summed E-state index contributed by atoms with van der Waals surface area (Å²) in [5.74, 6) is 2.20. The second kappa shape index (κ2) is 4.85. The Kier molecular flexibility index (Phi) is 3.30. The molecule has 2 nitrogen and oxygen atoms in total. The van der Waals surface area contributed by atoms with Crippen LogP contribution in [0.2, 0.25) is 0 Å². The van der Waals surface area contributed by atoms with Crippen molar-refractivity contribution in [3.8, 4) is 0 Å². The minimum absolute atomic E-state index is 0.0334. The van der Waals surface area contributed by atoms with Crippen molar-refractivity contribution >= 4 is 0 Å². The van der Waals surface area contributed by atoms with Crippen molar-refractivity contribution < 1.29 is 9.47 Å². The Hall–Kier alpha value is -0.0800. The van der Waals surface area contributed by atoms with Gasteiger partial charge in [0.2, 0.25) is 0 Å². The summed E-state index contributed by atoms with van der Waals surface area (Å²) in [7, 11) is 0. The van der Waals surface area contributed by atoms with Crippen molar-refractivity contribution in [2.75, 3.05) is 6.61 Å². The van der Waals surface area contributed by atoms with E-state index in [4.69, 9.17) is 9.47 Å². The fourth-order valence-electron chi connectivity index (χ4n) is 9.06. The smallest absolute Gasteiger partial charge is 0.163 e. The first-order valence-electron chi connectivity index (χ1n) is 11.0. The van der Waals surface area contributed by atoms with E-state index in [1.807, 2.05) is 0 Å². The number of fused-ring (bicyclic) bond motifs is 4. The highest BCUT2D eigenvalue weighted by atomic mass is 16.8. The van der Waals surface area contributed by atoms with E-state index >= 15 is 0 Å². The monoisotopic (exact) mass is 346 g/mol. The maximum Gasteiger partial charge on any atom is 0.163 e. The molecule has 0 aromatic rings. The Morgan fingerprint density at radius 1 is 0.840 bits per heavy atom. The Morgan fingerprint density at radius 2 is 1.64 bits per heavy atom. The van der Waals surface area contributed by atoms with Gasteiger partial charge in [-0.2, -0.15) is 0 Å². The predicted octanol–water partition coefficient (Wildman–Crippen LogP) is 5.94. The molecule has 142 valence electrons. The molecule has 25 heavy (non-hydrogen) atoms. The van der Waals surface area contributed by atoms with Crippen LogP contribution in [-0.2, 0) is 9.47 Å². The van der Waals surface area contributed by atoms with Crippen LogP contribution in [0.25, 0.3) is 0 Å². The third-order valence-corrected chi connectivity index (χ3v) is 9.71. The summed E-state index contributed by atoms with van der Waals surface area (Å²) in [5, 5.41) is 0. The van der Waals surface area contributed by atoms with E-state index in [0.717, 1.165) is 24.4 Å². The van der Waals surface area contributed by atoms with Crippen LogP contribution in [0.1, 0.15) is 92.4 Å². The average molecular weight is 347 g/mol. The van der Waals surface area contributed by atoms with Gasteiger partial charge < -0.3 is 9.47 Å². The van der Waals surface area contributed by atoms with E-state index in [0.29, 0.717) is 16.2 Å². The van der Waals surface area contributed by atoms with Crippen molar-refractivity contribution in [3.05, 3.63) is 0 Å². The summed E-state index contributed by atoms with van der Waals surface area (Å²) < 4.78 is 12.7. The van der Waals surface area contributed by atoms with Gasteiger partial charge in [0.05, 0.1) is 12.2 Å². The summed E-state index contributed by atoms with van der Waals surface area (Å²) in [5.41, 5.74) is 1.68. The van der Waals surface area contributed by atoms with Crippen LogP contribution in [-0.4, -0.2) is 18.0 Å². The molecule has 4 aliphatic carbocycles. The van der Waals surface area contributed by atoms with Gasteiger partial charge in [0, 0.05) is 0 Å². The molecule has 5 rings (SSSR count). The number of hydrogen-bond donors (Lipinski definition) is 0. The summed E-state index contributed by atoms with van der Waals surface area (Å²) in [6.07, 6.45) is 12.7. The van der Waals surface area contributed by atoms with Gasteiger partial charge in [-0.05, 0) is 99.2 Å². The van der Waals surface area contributed by atoms with Crippen molar-refractivity contribution in [1.82, 2.24) is 0 Å². The molecule has 2 bridgehead atoms. The molecular formula is C23H38O2. The Balaban J connectivity index is 1.50. The highest BCUT2D eigenvalue weighted by Crippen LogP contribution is 2.74. The number of rotatable bonds is 0. The first kappa shape index (κ1) is 17.0. The summed E-state index contributed by atoms with van der Waals surface area (Å²) >= 11 is 0. The molecule has 0 N–H and O–H groups in total. The predicted molar refractivity (Wildman–Crippen MR) is 100 cm³/mol. The van der Waals surface area contributed by atoms with E-state index in [1.165, 1.54) is 57.8 Å². The first-order chi connectivity index (χ1) is 11.6. The van der Waals surface area contributed by atoms with Gasteiger partial charge in [0.1, 0.15) is 0 Å². The van der Waals surface area contributed by atoms with Crippen molar-refractivity contribution in [1.29, 1.82) is 0 Å². The molecule has 6 atom stereocenters. The minimum atomic E-state index is -0.377. The van der Waals surface area contributed by atoms with Gasteiger partial charge in [-0.25, -0.2) is 0 Å². The standard InChI is InChI=1S/C23H38O2/c1-19(2)10-6-11-21(5)17(19)9-12-22-13-16(7-8-18(21)22)23(14-22)15-24-20(3,4)25-23/h16-18H,6-15H2,1-5H3. The zero-order valence-electron chi connectivity index (χ0n) is 17.1. The molecule has 0 aromatic carbocycles. The van der Waals surface area contributed by atoms with Crippen molar-refractivity contribution in [2.24, 2.45) is 34.0 Å². The molecular weight excluding hydrogens is 308 g/mol. The van der Waals surface area contributed by atoms with E-state index in [1.54, 1.807) is 0 Å². The van der Waals surface area contributed by atoms with Gasteiger partial charge in [-0.15, -0.1) is 0 Å². The lowest BCUT2D eigenvalue weighted by Crippen LogP contribution is -2.55. The second-order valence-electron chi connectivity index (χ2n) is 11.9. The molecule has 5 fully saturated rings. The lowest BCUT2D eigenvalue weighted by atomic mass is 9.41. The lowest BCUT2D eigenvalue weighted by Gasteiger charge is -2.64. The maximum absolute atomic E-state index is 6.64. The second-order valence-corrected chi connectivity index (χ2v) is 11.9. The molecule has 1 saturated heterocycles. The van der Waals surface area contributed by atoms with Gasteiger partial charge in [-0.3, -0.25) is 0 Å². The Morgan fingerprint density at radius 3 is 2.36 bits per heavy atom. The Bertz CT molecular complexity index is 581. The minimum Gasteiger partial charge on any atom is -0.347 e. The van der Waals surface area contributed by atoms with Crippen LogP contribution in [0, 0.1) is 34.0 Å². The molecule has 1 heterocycles. The fraction of sp³-hybridized carbons (Fsp3) is 1.00. The van der Waals surface area contributed by atoms with E-state index in [2.05, 4.69) is 34.6 Å². The molecule has 2 spiro atoms. The molecule has 1 aliphatic heterocycles. The van der Waals surface area contributed by atoms with Gasteiger partial charge in [0.15, 0.2) is 5.79 Å². The van der Waals surface area contributed by atoms with Crippen LogP contribution in [0.4, 0.5) is 0 Å². The topological polar surface area (TPSA) is 18.5 Å². The van der Waals surface area contributed by atoms with Crippen LogP contribution >= 0.6 is 0 Å². The van der Waals surface area contributed by atoms with Crippen molar-refractivity contribution in [3.63, 3.8) is 0 Å². The van der Waals surface area contributed by atoms with Crippen LogP contribution in [0.5, 0.6) is 0 Å². The highest BCUT2D eigenvalue weighted by Gasteiger charge is 2.69. The van der Waals surface area contributed by atoms with E-state index in [-0.39, 0.29) is 11.4 Å². The Labute approximate surface area is 154 Å². The zero-order chi connectivity index (χ0) is 17.7. The molecule has 4 saturated carbocycles. The van der Waals surface area contributed by atoms with Gasteiger partial charge in [-0.1, -0.05) is 27.2 Å². The normalized spacial score (nSPS) is 55.8. The number of ether oxygens (including phenoxy) is 2. The average Bonchev–Trinajstić information content (AvgIpc) is 2.91. The van der Waals surface area contributed by atoms with Gasteiger partial charge >= 0.3 is 0 Å². The summed E-state index contributed by atoms with van der Waals surface area (Å²) in [4.78, 5) is 0. The third-order valence-electron chi connectivity index (χ3n) is 9.71. The van der Waals surface area contributed by atoms with Crippen LogP contribution in [0.3, 0.4) is 0 Å². The molecule has 6 unspecified atom stereocenters. The summed E-state index contributed by atoms with van der Waals surface area (Å²) in [6, 6.07) is 0.